The molecule has 0 fully saturated rings. The lowest BCUT2D eigenvalue weighted by atomic mass is 10.1. The Bertz CT molecular complexity index is 631. The van der Waals surface area contributed by atoms with E-state index in [2.05, 4.69) is 46.6 Å². The van der Waals surface area contributed by atoms with E-state index < -0.39 is 0 Å². The molecule has 19 heavy (non-hydrogen) atoms. The lowest BCUT2D eigenvalue weighted by Gasteiger charge is -2.13. The number of fused-ring (bicyclic) bond motifs is 1. The standard InChI is InChI=1S/C15H18BrNO2/c1-5-10(3)17-8-9(2)14-12(15(18)19-4)6-11(16)7-13(14)17/h6-8,10H,5H2,1-4H3/t10-/m0/s1. The minimum Gasteiger partial charge on any atom is -0.465 e. The predicted molar refractivity (Wildman–Crippen MR) is 80.7 cm³/mol. The fourth-order valence-electron chi connectivity index (χ4n) is 2.39. The fourth-order valence-corrected chi connectivity index (χ4v) is 2.83. The van der Waals surface area contributed by atoms with Crippen LogP contribution in [0, 0.1) is 6.92 Å². The van der Waals surface area contributed by atoms with Crippen molar-refractivity contribution >= 4 is 32.8 Å². The van der Waals surface area contributed by atoms with Crippen LogP contribution in [0.5, 0.6) is 0 Å². The van der Waals surface area contributed by atoms with E-state index in [0.717, 1.165) is 27.4 Å². The summed E-state index contributed by atoms with van der Waals surface area (Å²) in [5.74, 6) is -0.295. The van der Waals surface area contributed by atoms with Crippen LogP contribution in [0.2, 0.25) is 0 Å². The van der Waals surface area contributed by atoms with E-state index in [0.29, 0.717) is 11.6 Å². The zero-order valence-electron chi connectivity index (χ0n) is 11.7. The molecule has 2 rings (SSSR count). The molecule has 0 saturated carbocycles. The molecule has 0 N–H and O–H groups in total. The molecule has 0 aliphatic carbocycles. The first kappa shape index (κ1) is 14.1. The highest BCUT2D eigenvalue weighted by Gasteiger charge is 2.18. The van der Waals surface area contributed by atoms with Crippen molar-refractivity contribution in [2.45, 2.75) is 33.2 Å². The van der Waals surface area contributed by atoms with Gasteiger partial charge in [0.1, 0.15) is 0 Å². The van der Waals surface area contributed by atoms with Gasteiger partial charge in [0, 0.05) is 22.1 Å². The molecule has 0 amide bonds. The van der Waals surface area contributed by atoms with Gasteiger partial charge in [0.25, 0.3) is 0 Å². The summed E-state index contributed by atoms with van der Waals surface area (Å²) in [6.07, 6.45) is 3.15. The molecule has 1 atom stereocenters. The maximum Gasteiger partial charge on any atom is 0.338 e. The highest BCUT2D eigenvalue weighted by Crippen LogP contribution is 2.31. The molecule has 0 aliphatic heterocycles. The van der Waals surface area contributed by atoms with Gasteiger partial charge < -0.3 is 9.30 Å². The number of aromatic nitrogens is 1. The van der Waals surface area contributed by atoms with Crippen LogP contribution >= 0.6 is 15.9 Å². The highest BCUT2D eigenvalue weighted by molar-refractivity contribution is 9.10. The summed E-state index contributed by atoms with van der Waals surface area (Å²) in [4.78, 5) is 11.9. The molecule has 4 heteroatoms. The molecule has 0 aliphatic rings. The molecule has 1 aromatic carbocycles. The summed E-state index contributed by atoms with van der Waals surface area (Å²) < 4.78 is 8.00. The molecule has 1 aromatic heterocycles. The van der Waals surface area contributed by atoms with Crippen LogP contribution < -0.4 is 0 Å². The van der Waals surface area contributed by atoms with Gasteiger partial charge in [-0.3, -0.25) is 0 Å². The third-order valence-corrected chi connectivity index (χ3v) is 4.02. The number of methoxy groups -OCH3 is 1. The predicted octanol–water partition coefficient (Wildman–Crippen LogP) is 4.47. The highest BCUT2D eigenvalue weighted by atomic mass is 79.9. The number of hydrogen-bond donors (Lipinski definition) is 0. The van der Waals surface area contributed by atoms with Crippen LogP contribution in [-0.4, -0.2) is 17.6 Å². The normalized spacial score (nSPS) is 12.7. The van der Waals surface area contributed by atoms with Gasteiger partial charge >= 0.3 is 5.97 Å². The van der Waals surface area contributed by atoms with Crippen molar-refractivity contribution in [2.75, 3.05) is 7.11 Å². The molecule has 0 unspecified atom stereocenters. The summed E-state index contributed by atoms with van der Waals surface area (Å²) in [6.45, 7) is 6.37. The average molecular weight is 324 g/mol. The quantitative estimate of drug-likeness (QED) is 0.780. The van der Waals surface area contributed by atoms with Crippen LogP contribution in [-0.2, 0) is 4.74 Å². The minimum absolute atomic E-state index is 0.295. The molecular weight excluding hydrogens is 306 g/mol. The summed E-state index contributed by atoms with van der Waals surface area (Å²) in [5, 5.41) is 0.982. The topological polar surface area (TPSA) is 31.2 Å². The van der Waals surface area contributed by atoms with Crippen molar-refractivity contribution in [1.82, 2.24) is 4.57 Å². The molecule has 102 valence electrons. The van der Waals surface area contributed by atoms with Crippen LogP contribution in [0.3, 0.4) is 0 Å². The maximum absolute atomic E-state index is 11.9. The molecule has 0 bridgehead atoms. The van der Waals surface area contributed by atoms with Gasteiger partial charge in [0.05, 0.1) is 18.2 Å². The summed E-state index contributed by atoms with van der Waals surface area (Å²) in [7, 11) is 1.41. The summed E-state index contributed by atoms with van der Waals surface area (Å²) in [5.41, 5.74) is 2.79. The van der Waals surface area contributed by atoms with E-state index in [1.807, 2.05) is 13.0 Å². The Morgan fingerprint density at radius 1 is 1.47 bits per heavy atom. The number of benzene rings is 1. The number of aryl methyl sites for hydroxylation is 1. The first-order valence-electron chi connectivity index (χ1n) is 6.38. The van der Waals surface area contributed by atoms with Gasteiger partial charge in [0.15, 0.2) is 0 Å². The monoisotopic (exact) mass is 323 g/mol. The van der Waals surface area contributed by atoms with Gasteiger partial charge in [0.2, 0.25) is 0 Å². The number of carbonyl (C=O) groups is 1. The summed E-state index contributed by atoms with van der Waals surface area (Å²) >= 11 is 3.47. The molecule has 0 saturated heterocycles. The third-order valence-electron chi connectivity index (χ3n) is 3.56. The summed E-state index contributed by atoms with van der Waals surface area (Å²) in [6, 6.07) is 4.28. The molecule has 0 radical (unpaired) electrons. The van der Waals surface area contributed by atoms with E-state index in [1.54, 1.807) is 0 Å². The van der Waals surface area contributed by atoms with Gasteiger partial charge in [-0.05, 0) is 38.0 Å². The number of hydrogen-bond acceptors (Lipinski definition) is 2. The largest absolute Gasteiger partial charge is 0.465 e. The second-order valence-corrected chi connectivity index (χ2v) is 5.73. The second kappa shape index (κ2) is 5.37. The average Bonchev–Trinajstić information content (AvgIpc) is 2.73. The molecule has 3 nitrogen and oxygen atoms in total. The van der Waals surface area contributed by atoms with Crippen molar-refractivity contribution in [3.05, 3.63) is 33.9 Å². The maximum atomic E-state index is 11.9. The lowest BCUT2D eigenvalue weighted by molar-refractivity contribution is 0.0603. The number of ether oxygens (including phenoxy) is 1. The number of nitrogens with zero attached hydrogens (tertiary/aromatic N) is 1. The first-order chi connectivity index (χ1) is 8.99. The Kier molecular flexibility index (Phi) is 3.99. The minimum atomic E-state index is -0.295. The van der Waals surface area contributed by atoms with Crippen molar-refractivity contribution in [2.24, 2.45) is 0 Å². The molecule has 0 spiro atoms. The Labute approximate surface area is 121 Å². The molecule has 2 aromatic rings. The van der Waals surface area contributed by atoms with Crippen LogP contribution in [0.1, 0.15) is 42.2 Å². The van der Waals surface area contributed by atoms with Crippen molar-refractivity contribution < 1.29 is 9.53 Å². The second-order valence-electron chi connectivity index (χ2n) is 4.82. The fraction of sp³-hybridized carbons (Fsp3) is 0.400. The van der Waals surface area contributed by atoms with Crippen LogP contribution in [0.15, 0.2) is 22.8 Å². The Morgan fingerprint density at radius 3 is 2.74 bits per heavy atom. The third kappa shape index (κ3) is 2.41. The van der Waals surface area contributed by atoms with Crippen LogP contribution in [0.4, 0.5) is 0 Å². The smallest absolute Gasteiger partial charge is 0.338 e. The van der Waals surface area contributed by atoms with E-state index in [9.17, 15) is 4.79 Å². The molecular formula is C15H18BrNO2. The number of rotatable bonds is 3. The zero-order valence-corrected chi connectivity index (χ0v) is 13.2. The van der Waals surface area contributed by atoms with Gasteiger partial charge in [-0.25, -0.2) is 4.79 Å². The number of carbonyl (C=O) groups excluding carboxylic acids is 1. The van der Waals surface area contributed by atoms with Crippen molar-refractivity contribution in [1.29, 1.82) is 0 Å². The number of esters is 1. The van der Waals surface area contributed by atoms with Gasteiger partial charge in [-0.15, -0.1) is 0 Å². The Morgan fingerprint density at radius 2 is 2.16 bits per heavy atom. The Hall–Kier alpha value is -1.29. The van der Waals surface area contributed by atoms with Crippen molar-refractivity contribution in [3.8, 4) is 0 Å². The SMILES string of the molecule is CC[C@H](C)n1cc(C)c2c(C(=O)OC)cc(Br)cc21. The molecule has 1 heterocycles. The van der Waals surface area contributed by atoms with Crippen molar-refractivity contribution in [3.63, 3.8) is 0 Å². The van der Waals surface area contributed by atoms with Crippen LogP contribution in [0.25, 0.3) is 10.9 Å². The van der Waals surface area contributed by atoms with E-state index in [4.69, 9.17) is 4.74 Å². The lowest BCUT2D eigenvalue weighted by Crippen LogP contribution is -2.04. The van der Waals surface area contributed by atoms with E-state index >= 15 is 0 Å². The van der Waals surface area contributed by atoms with Gasteiger partial charge in [-0.2, -0.15) is 0 Å². The number of halogens is 1. The van der Waals surface area contributed by atoms with E-state index in [1.165, 1.54) is 7.11 Å². The van der Waals surface area contributed by atoms with E-state index in [-0.39, 0.29) is 5.97 Å². The van der Waals surface area contributed by atoms with Gasteiger partial charge in [-0.1, -0.05) is 22.9 Å². The Balaban J connectivity index is 2.79. The zero-order chi connectivity index (χ0) is 14.2. The first-order valence-corrected chi connectivity index (χ1v) is 7.17.